The second-order valence-electron chi connectivity index (χ2n) is 7.09. The van der Waals surface area contributed by atoms with E-state index in [9.17, 15) is 9.59 Å². The Kier molecular flexibility index (Phi) is 5.72. The van der Waals surface area contributed by atoms with Crippen LogP contribution in [-0.2, 0) is 22.6 Å². The van der Waals surface area contributed by atoms with E-state index in [2.05, 4.69) is 25.4 Å². The number of aryl methyl sites for hydroxylation is 3. The molecule has 9 nitrogen and oxygen atoms in total. The monoisotopic (exact) mass is 436 g/mol. The van der Waals surface area contributed by atoms with Crippen LogP contribution >= 0.6 is 11.3 Å². The molecule has 4 aromatic rings. The minimum atomic E-state index is -0.658. The van der Waals surface area contributed by atoms with Gasteiger partial charge in [-0.05, 0) is 39.0 Å². The summed E-state index contributed by atoms with van der Waals surface area (Å²) >= 11 is 1.34. The van der Waals surface area contributed by atoms with Crippen LogP contribution in [0.2, 0.25) is 0 Å². The van der Waals surface area contributed by atoms with Crippen LogP contribution in [-0.4, -0.2) is 36.4 Å². The van der Waals surface area contributed by atoms with Gasteiger partial charge in [0.1, 0.15) is 11.6 Å². The molecule has 0 radical (unpaired) electrons. The van der Waals surface area contributed by atoms with Crippen molar-refractivity contribution in [3.05, 3.63) is 69.2 Å². The fourth-order valence-corrected chi connectivity index (χ4v) is 3.71. The van der Waals surface area contributed by atoms with E-state index in [-0.39, 0.29) is 24.8 Å². The second-order valence-corrected chi connectivity index (χ2v) is 8.03. The van der Waals surface area contributed by atoms with Crippen molar-refractivity contribution in [3.8, 4) is 0 Å². The number of hydrogen-bond acceptors (Lipinski definition) is 8. The fourth-order valence-electron chi connectivity index (χ4n) is 2.93. The van der Waals surface area contributed by atoms with Gasteiger partial charge in [-0.1, -0.05) is 17.7 Å². The van der Waals surface area contributed by atoms with Crippen molar-refractivity contribution in [1.29, 1.82) is 0 Å². The van der Waals surface area contributed by atoms with Gasteiger partial charge in [-0.2, -0.15) is 4.98 Å². The van der Waals surface area contributed by atoms with Crippen molar-refractivity contribution < 1.29 is 14.3 Å². The van der Waals surface area contributed by atoms with Crippen LogP contribution in [0.25, 0.3) is 5.78 Å². The number of hydrogen-bond donors (Lipinski definition) is 1. The van der Waals surface area contributed by atoms with Crippen LogP contribution < -0.4 is 5.32 Å². The SMILES string of the molecule is Cc1ccc(NC(=O)Cc2nc(COC(=O)c3nc4nc(C)cc(C)n4n3)cs2)cc1. The van der Waals surface area contributed by atoms with Crippen LogP contribution in [0.15, 0.2) is 35.7 Å². The number of aromatic nitrogens is 5. The smallest absolute Gasteiger partial charge is 0.378 e. The van der Waals surface area contributed by atoms with Crippen LogP contribution in [0, 0.1) is 20.8 Å². The van der Waals surface area contributed by atoms with Crippen molar-refractivity contribution in [2.45, 2.75) is 33.8 Å². The molecule has 0 atom stereocenters. The molecule has 0 bridgehead atoms. The molecule has 0 unspecified atom stereocenters. The number of anilines is 1. The Morgan fingerprint density at radius 3 is 2.65 bits per heavy atom. The minimum Gasteiger partial charge on any atom is -0.453 e. The number of carbonyl (C=O) groups is 2. The first kappa shape index (κ1) is 20.6. The number of fused-ring (bicyclic) bond motifs is 1. The summed E-state index contributed by atoms with van der Waals surface area (Å²) in [7, 11) is 0. The first-order valence-electron chi connectivity index (χ1n) is 9.55. The molecule has 1 N–H and O–H groups in total. The quantitative estimate of drug-likeness (QED) is 0.462. The topological polar surface area (TPSA) is 111 Å². The van der Waals surface area contributed by atoms with E-state index in [1.807, 2.05) is 51.1 Å². The molecule has 0 spiro atoms. The molecule has 0 aliphatic carbocycles. The molecule has 1 aromatic carbocycles. The number of rotatable bonds is 6. The molecular weight excluding hydrogens is 416 g/mol. The summed E-state index contributed by atoms with van der Waals surface area (Å²) in [5.74, 6) is -0.530. The average Bonchev–Trinajstić information content (AvgIpc) is 3.35. The summed E-state index contributed by atoms with van der Waals surface area (Å²) < 4.78 is 6.77. The molecule has 158 valence electrons. The van der Waals surface area contributed by atoms with Crippen LogP contribution in [0.1, 0.15) is 38.3 Å². The zero-order valence-corrected chi connectivity index (χ0v) is 18.1. The van der Waals surface area contributed by atoms with E-state index in [1.165, 1.54) is 15.9 Å². The molecule has 0 aliphatic heterocycles. The van der Waals surface area contributed by atoms with Gasteiger partial charge in [0.05, 0.1) is 12.1 Å². The molecule has 3 heterocycles. The zero-order valence-electron chi connectivity index (χ0n) is 17.2. The maximum atomic E-state index is 12.3. The molecule has 3 aromatic heterocycles. The van der Waals surface area contributed by atoms with E-state index >= 15 is 0 Å². The lowest BCUT2D eigenvalue weighted by Crippen LogP contribution is -2.14. The molecule has 0 aliphatic rings. The normalized spacial score (nSPS) is 10.9. The van der Waals surface area contributed by atoms with Crippen LogP contribution in [0.3, 0.4) is 0 Å². The van der Waals surface area contributed by atoms with Gasteiger partial charge < -0.3 is 10.1 Å². The highest BCUT2D eigenvalue weighted by molar-refractivity contribution is 7.09. The Labute approximate surface area is 182 Å². The molecule has 4 rings (SSSR count). The van der Waals surface area contributed by atoms with Crippen LogP contribution in [0.4, 0.5) is 5.69 Å². The first-order valence-corrected chi connectivity index (χ1v) is 10.4. The van der Waals surface area contributed by atoms with Crippen molar-refractivity contribution in [3.63, 3.8) is 0 Å². The van der Waals surface area contributed by atoms with Gasteiger partial charge in [0.2, 0.25) is 5.91 Å². The zero-order chi connectivity index (χ0) is 22.0. The van der Waals surface area contributed by atoms with E-state index < -0.39 is 5.97 Å². The predicted molar refractivity (Wildman–Crippen MR) is 115 cm³/mol. The third-order valence-corrected chi connectivity index (χ3v) is 5.30. The van der Waals surface area contributed by atoms with Gasteiger partial charge in [0, 0.05) is 22.5 Å². The molecule has 0 saturated heterocycles. The molecule has 1 amide bonds. The number of ether oxygens (including phenoxy) is 1. The lowest BCUT2D eigenvalue weighted by molar-refractivity contribution is -0.115. The molecular formula is C21H20N6O3S. The summed E-state index contributed by atoms with van der Waals surface area (Å²) in [5.41, 5.74) is 4.03. The Morgan fingerprint density at radius 1 is 1.10 bits per heavy atom. The summed E-state index contributed by atoms with van der Waals surface area (Å²) in [6.07, 6.45) is 0.144. The maximum absolute atomic E-state index is 12.3. The number of amides is 1. The number of nitrogens with one attached hydrogen (secondary N) is 1. The van der Waals surface area contributed by atoms with Gasteiger partial charge in [-0.15, -0.1) is 16.4 Å². The second kappa shape index (κ2) is 8.60. The van der Waals surface area contributed by atoms with E-state index in [0.29, 0.717) is 16.5 Å². The Balaban J connectivity index is 1.33. The largest absolute Gasteiger partial charge is 0.453 e. The summed E-state index contributed by atoms with van der Waals surface area (Å²) in [5, 5.41) is 9.38. The van der Waals surface area contributed by atoms with E-state index in [1.54, 1.807) is 5.38 Å². The van der Waals surface area contributed by atoms with Crippen molar-refractivity contribution in [2.24, 2.45) is 0 Å². The Hall–Kier alpha value is -3.66. The van der Waals surface area contributed by atoms with Crippen molar-refractivity contribution in [1.82, 2.24) is 24.6 Å². The first-order chi connectivity index (χ1) is 14.9. The molecule has 0 fully saturated rings. The highest BCUT2D eigenvalue weighted by Crippen LogP contribution is 2.14. The Morgan fingerprint density at radius 2 is 1.87 bits per heavy atom. The summed E-state index contributed by atoms with van der Waals surface area (Å²) in [4.78, 5) is 37.3. The van der Waals surface area contributed by atoms with Gasteiger partial charge in [-0.25, -0.2) is 19.3 Å². The third-order valence-electron chi connectivity index (χ3n) is 4.40. The molecule has 10 heteroatoms. The standard InChI is InChI=1S/C21H20N6O3S/c1-12-4-6-15(7-5-12)23-17(28)9-18-24-16(11-31-18)10-30-20(29)19-25-21-22-13(2)8-14(3)27(21)26-19/h4-8,11H,9-10H2,1-3H3,(H,23,28). The number of thiazole rings is 1. The number of carbonyl (C=O) groups excluding carboxylic acids is 2. The number of nitrogens with zero attached hydrogens (tertiary/aromatic N) is 5. The minimum absolute atomic E-state index is 0.0318. The average molecular weight is 436 g/mol. The predicted octanol–water partition coefficient (Wildman–Crippen LogP) is 3.04. The van der Waals surface area contributed by atoms with Gasteiger partial charge >= 0.3 is 5.97 Å². The number of esters is 1. The van der Waals surface area contributed by atoms with Crippen molar-refractivity contribution >= 4 is 34.7 Å². The fraction of sp³-hybridized carbons (Fsp3) is 0.238. The van der Waals surface area contributed by atoms with Crippen LogP contribution in [0.5, 0.6) is 0 Å². The molecule has 0 saturated carbocycles. The van der Waals surface area contributed by atoms with Crippen molar-refractivity contribution in [2.75, 3.05) is 5.32 Å². The third kappa shape index (κ3) is 4.92. The summed E-state index contributed by atoms with van der Waals surface area (Å²) in [6, 6.07) is 9.42. The van der Waals surface area contributed by atoms with Gasteiger partial charge in [-0.3, -0.25) is 4.79 Å². The van der Waals surface area contributed by atoms with Gasteiger partial charge in [0.25, 0.3) is 11.6 Å². The van der Waals surface area contributed by atoms with Gasteiger partial charge in [0.15, 0.2) is 0 Å². The lowest BCUT2D eigenvalue weighted by atomic mass is 10.2. The Bertz CT molecular complexity index is 1260. The number of benzene rings is 1. The summed E-state index contributed by atoms with van der Waals surface area (Å²) in [6.45, 7) is 5.66. The maximum Gasteiger partial charge on any atom is 0.378 e. The van der Waals surface area contributed by atoms with E-state index in [4.69, 9.17) is 4.74 Å². The molecule has 31 heavy (non-hydrogen) atoms. The lowest BCUT2D eigenvalue weighted by Gasteiger charge is -2.04. The van der Waals surface area contributed by atoms with E-state index in [0.717, 1.165) is 22.6 Å². The highest BCUT2D eigenvalue weighted by Gasteiger charge is 2.17. The highest BCUT2D eigenvalue weighted by atomic mass is 32.1.